The second kappa shape index (κ2) is 9.25. The number of carbonyl (C=O) groups excluding carboxylic acids is 3. The molecule has 1 fully saturated rings. The Hall–Kier alpha value is -2.77. The van der Waals surface area contributed by atoms with Crippen LogP contribution in [0, 0.1) is 0 Å². The minimum absolute atomic E-state index is 0.00372. The molecule has 1 aliphatic rings. The van der Waals surface area contributed by atoms with Crippen LogP contribution in [0.1, 0.15) is 19.4 Å². The molecule has 8 nitrogen and oxygen atoms in total. The van der Waals surface area contributed by atoms with Crippen LogP contribution in [0.25, 0.3) is 0 Å². The van der Waals surface area contributed by atoms with E-state index in [-0.39, 0.29) is 24.3 Å². The molecule has 0 saturated carbocycles. The smallest absolute Gasteiger partial charge is 0.242 e. The van der Waals surface area contributed by atoms with Crippen LogP contribution in [-0.2, 0) is 20.9 Å². The highest BCUT2D eigenvalue weighted by molar-refractivity contribution is 5.84. The number of rotatable bonds is 6. The van der Waals surface area contributed by atoms with Crippen molar-refractivity contribution in [1.82, 2.24) is 14.7 Å². The van der Waals surface area contributed by atoms with Crippen LogP contribution < -0.4 is 9.47 Å². The first-order chi connectivity index (χ1) is 12.8. The Morgan fingerprint density at radius 3 is 2.07 bits per heavy atom. The molecule has 0 atom stereocenters. The molecule has 2 rings (SSSR count). The molecule has 27 heavy (non-hydrogen) atoms. The zero-order valence-electron chi connectivity index (χ0n) is 16.4. The van der Waals surface area contributed by atoms with Crippen molar-refractivity contribution in [3.63, 3.8) is 0 Å². The van der Waals surface area contributed by atoms with Crippen LogP contribution in [0.3, 0.4) is 0 Å². The van der Waals surface area contributed by atoms with Gasteiger partial charge in [0.1, 0.15) is 6.54 Å². The van der Waals surface area contributed by atoms with E-state index in [0.717, 1.165) is 5.56 Å². The molecule has 1 aliphatic heterocycles. The molecule has 1 aromatic carbocycles. The molecule has 8 heteroatoms. The number of methoxy groups -OCH3 is 2. The third-order valence-corrected chi connectivity index (χ3v) is 4.67. The SMILES string of the molecule is COc1ccc(CN(CC(=O)N2CCN(C(C)=O)CC2)C(C)=O)cc1OC. The van der Waals surface area contributed by atoms with Gasteiger partial charge in [-0.3, -0.25) is 14.4 Å². The predicted molar refractivity (Wildman–Crippen MR) is 99.5 cm³/mol. The number of amides is 3. The van der Waals surface area contributed by atoms with Crippen LogP contribution >= 0.6 is 0 Å². The summed E-state index contributed by atoms with van der Waals surface area (Å²) in [6.45, 7) is 5.30. The summed E-state index contributed by atoms with van der Waals surface area (Å²) >= 11 is 0. The molecule has 0 unspecified atom stereocenters. The molecule has 1 aromatic rings. The molecule has 0 spiro atoms. The Labute approximate surface area is 159 Å². The minimum atomic E-state index is -0.180. The maximum atomic E-state index is 12.6. The van der Waals surface area contributed by atoms with Crippen molar-refractivity contribution in [2.24, 2.45) is 0 Å². The lowest BCUT2D eigenvalue weighted by atomic mass is 10.2. The molecule has 1 saturated heterocycles. The summed E-state index contributed by atoms with van der Waals surface area (Å²) in [6, 6.07) is 5.41. The van der Waals surface area contributed by atoms with E-state index < -0.39 is 0 Å². The average Bonchev–Trinajstić information content (AvgIpc) is 2.67. The van der Waals surface area contributed by atoms with Crippen molar-refractivity contribution in [3.8, 4) is 11.5 Å². The Kier molecular flexibility index (Phi) is 7.04. The van der Waals surface area contributed by atoms with Gasteiger partial charge in [-0.05, 0) is 17.7 Å². The summed E-state index contributed by atoms with van der Waals surface area (Å²) in [4.78, 5) is 40.9. The molecule has 0 N–H and O–H groups in total. The lowest BCUT2D eigenvalue weighted by Gasteiger charge is -2.35. The van der Waals surface area contributed by atoms with Gasteiger partial charge in [-0.15, -0.1) is 0 Å². The number of piperazine rings is 1. The second-order valence-electron chi connectivity index (χ2n) is 6.45. The van der Waals surface area contributed by atoms with Gasteiger partial charge in [0.05, 0.1) is 14.2 Å². The highest BCUT2D eigenvalue weighted by atomic mass is 16.5. The van der Waals surface area contributed by atoms with E-state index in [1.54, 1.807) is 36.2 Å². The van der Waals surface area contributed by atoms with Crippen LogP contribution in [0.5, 0.6) is 11.5 Å². The fraction of sp³-hybridized carbons (Fsp3) is 0.526. The van der Waals surface area contributed by atoms with Crippen molar-refractivity contribution in [1.29, 1.82) is 0 Å². The first kappa shape index (κ1) is 20.5. The van der Waals surface area contributed by atoms with Gasteiger partial charge in [-0.1, -0.05) is 6.07 Å². The monoisotopic (exact) mass is 377 g/mol. The summed E-state index contributed by atoms with van der Waals surface area (Å²) in [7, 11) is 3.11. The van der Waals surface area contributed by atoms with Gasteiger partial charge in [-0.25, -0.2) is 0 Å². The number of nitrogens with zero attached hydrogens (tertiary/aromatic N) is 3. The third kappa shape index (κ3) is 5.35. The van der Waals surface area contributed by atoms with Gasteiger partial charge in [0, 0.05) is 46.6 Å². The molecular weight excluding hydrogens is 350 g/mol. The molecule has 0 radical (unpaired) electrons. The van der Waals surface area contributed by atoms with Gasteiger partial charge in [-0.2, -0.15) is 0 Å². The van der Waals surface area contributed by atoms with Gasteiger partial charge in [0.2, 0.25) is 17.7 Å². The zero-order chi connectivity index (χ0) is 20.0. The van der Waals surface area contributed by atoms with Gasteiger partial charge in [0.15, 0.2) is 11.5 Å². The average molecular weight is 377 g/mol. The summed E-state index contributed by atoms with van der Waals surface area (Å²) < 4.78 is 10.5. The highest BCUT2D eigenvalue weighted by Crippen LogP contribution is 2.28. The minimum Gasteiger partial charge on any atom is -0.493 e. The molecule has 0 bridgehead atoms. The van der Waals surface area contributed by atoms with Crippen molar-refractivity contribution in [2.45, 2.75) is 20.4 Å². The van der Waals surface area contributed by atoms with Crippen LogP contribution in [0.2, 0.25) is 0 Å². The summed E-state index contributed by atoms with van der Waals surface area (Å²) in [6.07, 6.45) is 0. The zero-order valence-corrected chi connectivity index (χ0v) is 16.4. The molecule has 0 aromatic heterocycles. The number of benzene rings is 1. The number of hydrogen-bond donors (Lipinski definition) is 0. The quantitative estimate of drug-likeness (QED) is 0.731. The van der Waals surface area contributed by atoms with Crippen molar-refractivity contribution >= 4 is 17.7 Å². The normalized spacial score (nSPS) is 13.9. The van der Waals surface area contributed by atoms with Crippen molar-refractivity contribution < 1.29 is 23.9 Å². The van der Waals surface area contributed by atoms with Crippen LogP contribution in [-0.4, -0.2) is 79.4 Å². The van der Waals surface area contributed by atoms with Crippen molar-refractivity contribution in [2.75, 3.05) is 46.9 Å². The molecule has 0 aliphatic carbocycles. The van der Waals surface area contributed by atoms with E-state index in [2.05, 4.69) is 0 Å². The van der Waals surface area contributed by atoms with E-state index in [1.807, 2.05) is 6.07 Å². The largest absolute Gasteiger partial charge is 0.493 e. The molecular formula is C19H27N3O5. The van der Waals surface area contributed by atoms with Gasteiger partial charge < -0.3 is 24.2 Å². The predicted octanol–water partition coefficient (Wildman–Crippen LogP) is 0.743. The Morgan fingerprint density at radius 1 is 0.963 bits per heavy atom. The lowest BCUT2D eigenvalue weighted by molar-refractivity contribution is -0.142. The molecule has 148 valence electrons. The summed E-state index contributed by atoms with van der Waals surface area (Å²) in [5.74, 6) is 0.899. The number of carbonyl (C=O) groups is 3. The van der Waals surface area contributed by atoms with Crippen LogP contribution in [0.4, 0.5) is 0 Å². The van der Waals surface area contributed by atoms with E-state index >= 15 is 0 Å². The van der Waals surface area contributed by atoms with E-state index in [1.165, 1.54) is 18.7 Å². The van der Waals surface area contributed by atoms with E-state index in [4.69, 9.17) is 9.47 Å². The number of hydrogen-bond acceptors (Lipinski definition) is 5. The fourth-order valence-corrected chi connectivity index (χ4v) is 3.01. The fourth-order valence-electron chi connectivity index (χ4n) is 3.01. The maximum absolute atomic E-state index is 12.6. The Morgan fingerprint density at radius 2 is 1.56 bits per heavy atom. The molecule has 3 amide bonds. The van der Waals surface area contributed by atoms with Gasteiger partial charge in [0.25, 0.3) is 0 Å². The summed E-state index contributed by atoms with van der Waals surface area (Å²) in [5, 5.41) is 0. The standard InChI is InChI=1S/C19H27N3O5/c1-14(23)20-7-9-21(10-8-20)19(25)13-22(15(2)24)12-16-5-6-17(26-3)18(11-16)27-4/h5-6,11H,7-10,12-13H2,1-4H3. The summed E-state index contributed by atoms with van der Waals surface area (Å²) in [5.41, 5.74) is 0.844. The topological polar surface area (TPSA) is 79.4 Å². The second-order valence-corrected chi connectivity index (χ2v) is 6.45. The van der Waals surface area contributed by atoms with Gasteiger partial charge >= 0.3 is 0 Å². The third-order valence-electron chi connectivity index (χ3n) is 4.67. The first-order valence-corrected chi connectivity index (χ1v) is 8.85. The first-order valence-electron chi connectivity index (χ1n) is 8.85. The molecule has 1 heterocycles. The Balaban J connectivity index is 2.00. The number of ether oxygens (including phenoxy) is 2. The van der Waals surface area contributed by atoms with E-state index in [9.17, 15) is 14.4 Å². The van der Waals surface area contributed by atoms with E-state index in [0.29, 0.717) is 44.2 Å². The Bertz CT molecular complexity index is 699. The van der Waals surface area contributed by atoms with Crippen molar-refractivity contribution in [3.05, 3.63) is 23.8 Å². The maximum Gasteiger partial charge on any atom is 0.242 e. The lowest BCUT2D eigenvalue weighted by Crippen LogP contribution is -2.52. The highest BCUT2D eigenvalue weighted by Gasteiger charge is 2.24. The van der Waals surface area contributed by atoms with Crippen LogP contribution in [0.15, 0.2) is 18.2 Å².